The molecule has 0 aromatic rings. The van der Waals surface area contributed by atoms with Crippen LogP contribution in [-0.4, -0.2) is 38.2 Å². The van der Waals surface area contributed by atoms with Gasteiger partial charge in [0.2, 0.25) is 0 Å². The van der Waals surface area contributed by atoms with E-state index >= 15 is 0 Å². The Labute approximate surface area is 125 Å². The van der Waals surface area contributed by atoms with Crippen LogP contribution in [-0.2, 0) is 19.7 Å². The highest BCUT2D eigenvalue weighted by molar-refractivity contribution is 7.88. The molecule has 0 heterocycles. The van der Waals surface area contributed by atoms with Crippen molar-refractivity contribution in [3.05, 3.63) is 0 Å². The second-order valence-corrected chi connectivity index (χ2v) is 7.71. The molecule has 0 saturated carbocycles. The lowest BCUT2D eigenvalue weighted by Crippen LogP contribution is -2.44. The lowest BCUT2D eigenvalue weighted by Gasteiger charge is -2.23. The molecule has 0 aliphatic carbocycles. The SMILES string of the molecule is CC(C)OC(=O)NS(=O)(=O)NCC(CC(C)(C)C)C(=O)O. The number of carbonyl (C=O) groups is 2. The zero-order valence-electron chi connectivity index (χ0n) is 13.0. The zero-order valence-corrected chi connectivity index (χ0v) is 13.8. The van der Waals surface area contributed by atoms with Crippen molar-refractivity contribution in [3.63, 3.8) is 0 Å². The van der Waals surface area contributed by atoms with E-state index in [9.17, 15) is 18.0 Å². The fraction of sp³-hybridized carbons (Fsp3) is 0.833. The maximum atomic E-state index is 11.6. The van der Waals surface area contributed by atoms with Crippen LogP contribution in [0.3, 0.4) is 0 Å². The molecule has 21 heavy (non-hydrogen) atoms. The summed E-state index contributed by atoms with van der Waals surface area (Å²) in [5.41, 5.74) is -0.265. The van der Waals surface area contributed by atoms with Crippen LogP contribution in [0.15, 0.2) is 0 Å². The molecule has 0 radical (unpaired) electrons. The molecule has 0 aliphatic rings. The molecule has 1 unspecified atom stereocenters. The van der Waals surface area contributed by atoms with Crippen LogP contribution in [0.2, 0.25) is 0 Å². The van der Waals surface area contributed by atoms with Gasteiger partial charge in [-0.3, -0.25) is 4.79 Å². The summed E-state index contributed by atoms with van der Waals surface area (Å²) in [6, 6.07) is 0. The third kappa shape index (κ3) is 10.1. The lowest BCUT2D eigenvalue weighted by molar-refractivity contribution is -0.142. The Morgan fingerprint density at radius 1 is 1.24 bits per heavy atom. The summed E-state index contributed by atoms with van der Waals surface area (Å²) in [5.74, 6) is -1.99. The summed E-state index contributed by atoms with van der Waals surface area (Å²) in [4.78, 5) is 22.3. The highest BCUT2D eigenvalue weighted by atomic mass is 32.2. The van der Waals surface area contributed by atoms with Gasteiger partial charge in [0.1, 0.15) is 0 Å². The van der Waals surface area contributed by atoms with Gasteiger partial charge >= 0.3 is 22.3 Å². The Hall–Kier alpha value is -1.35. The van der Waals surface area contributed by atoms with Crippen molar-refractivity contribution in [2.45, 2.75) is 47.1 Å². The highest BCUT2D eigenvalue weighted by Crippen LogP contribution is 2.24. The summed E-state index contributed by atoms with van der Waals surface area (Å²) in [5, 5.41) is 9.09. The van der Waals surface area contributed by atoms with E-state index in [1.54, 1.807) is 18.6 Å². The summed E-state index contributed by atoms with van der Waals surface area (Å²) in [6.07, 6.45) is -1.28. The molecule has 0 bridgehead atoms. The Balaban J connectivity index is 4.57. The molecule has 1 atom stereocenters. The number of amides is 1. The third-order valence-electron chi connectivity index (χ3n) is 2.29. The first kappa shape index (κ1) is 19.7. The minimum atomic E-state index is -4.15. The zero-order chi connectivity index (χ0) is 16.8. The number of hydrogen-bond donors (Lipinski definition) is 3. The van der Waals surface area contributed by atoms with E-state index in [-0.39, 0.29) is 12.0 Å². The van der Waals surface area contributed by atoms with E-state index in [0.29, 0.717) is 6.42 Å². The van der Waals surface area contributed by atoms with Gasteiger partial charge in [-0.05, 0) is 25.7 Å². The average molecular weight is 324 g/mol. The molecular formula is C12H24N2O6S. The Morgan fingerprint density at radius 2 is 1.76 bits per heavy atom. The van der Waals surface area contributed by atoms with E-state index in [0.717, 1.165) is 0 Å². The van der Waals surface area contributed by atoms with Crippen LogP contribution in [0, 0.1) is 11.3 Å². The number of aliphatic carboxylic acids is 1. The largest absolute Gasteiger partial charge is 0.481 e. The van der Waals surface area contributed by atoms with Crippen molar-refractivity contribution in [1.82, 2.24) is 9.44 Å². The quantitative estimate of drug-likeness (QED) is 0.644. The van der Waals surface area contributed by atoms with Gasteiger partial charge in [-0.2, -0.15) is 13.1 Å². The Morgan fingerprint density at radius 3 is 2.14 bits per heavy atom. The first-order chi connectivity index (χ1) is 9.32. The molecule has 0 aromatic carbocycles. The maximum Gasteiger partial charge on any atom is 0.422 e. The van der Waals surface area contributed by atoms with Crippen molar-refractivity contribution < 1.29 is 27.9 Å². The number of carbonyl (C=O) groups excluding carboxylic acids is 1. The van der Waals surface area contributed by atoms with Gasteiger partial charge in [0.05, 0.1) is 12.0 Å². The second-order valence-electron chi connectivity index (χ2n) is 6.21. The highest BCUT2D eigenvalue weighted by Gasteiger charge is 2.26. The topological polar surface area (TPSA) is 122 Å². The third-order valence-corrected chi connectivity index (χ3v) is 3.27. The van der Waals surface area contributed by atoms with Crippen LogP contribution in [0.5, 0.6) is 0 Å². The van der Waals surface area contributed by atoms with Crippen LogP contribution in [0.1, 0.15) is 41.0 Å². The van der Waals surface area contributed by atoms with Gasteiger partial charge < -0.3 is 9.84 Å². The van der Waals surface area contributed by atoms with Crippen molar-refractivity contribution in [2.75, 3.05) is 6.54 Å². The van der Waals surface area contributed by atoms with Gasteiger partial charge in [0.25, 0.3) is 0 Å². The molecule has 0 rings (SSSR count). The molecule has 0 aromatic heterocycles. The molecule has 124 valence electrons. The molecule has 0 aliphatic heterocycles. The number of hydrogen-bond acceptors (Lipinski definition) is 5. The Bertz CT molecular complexity index is 467. The Kier molecular flexibility index (Phi) is 7.11. The first-order valence-corrected chi connectivity index (χ1v) is 8.01. The number of nitrogens with one attached hydrogen (secondary N) is 2. The smallest absolute Gasteiger partial charge is 0.422 e. The minimum Gasteiger partial charge on any atom is -0.481 e. The van der Waals surface area contributed by atoms with E-state index in [1.807, 2.05) is 25.5 Å². The monoisotopic (exact) mass is 324 g/mol. The van der Waals surface area contributed by atoms with E-state index in [2.05, 4.69) is 4.74 Å². The minimum absolute atomic E-state index is 0.265. The first-order valence-electron chi connectivity index (χ1n) is 6.53. The van der Waals surface area contributed by atoms with E-state index in [1.165, 1.54) is 0 Å². The van der Waals surface area contributed by atoms with E-state index < -0.39 is 34.3 Å². The summed E-state index contributed by atoms with van der Waals surface area (Å²) < 4.78 is 31.5. The lowest BCUT2D eigenvalue weighted by atomic mass is 9.85. The molecule has 0 spiro atoms. The summed E-state index contributed by atoms with van der Waals surface area (Å²) in [6.45, 7) is 8.41. The fourth-order valence-corrected chi connectivity index (χ4v) is 2.34. The molecular weight excluding hydrogens is 300 g/mol. The van der Waals surface area contributed by atoms with Gasteiger partial charge in [-0.1, -0.05) is 20.8 Å². The van der Waals surface area contributed by atoms with Gasteiger partial charge in [0, 0.05) is 6.54 Å². The van der Waals surface area contributed by atoms with Crippen LogP contribution >= 0.6 is 0 Å². The molecule has 8 nitrogen and oxygen atoms in total. The molecule has 0 saturated heterocycles. The van der Waals surface area contributed by atoms with Crippen molar-refractivity contribution >= 4 is 22.3 Å². The van der Waals surface area contributed by atoms with Gasteiger partial charge in [0.15, 0.2) is 0 Å². The van der Waals surface area contributed by atoms with Crippen LogP contribution in [0.25, 0.3) is 0 Å². The van der Waals surface area contributed by atoms with Crippen molar-refractivity contribution in [2.24, 2.45) is 11.3 Å². The number of carboxylic acids is 1. The van der Waals surface area contributed by atoms with Gasteiger partial charge in [-0.15, -0.1) is 0 Å². The predicted molar refractivity (Wildman–Crippen MR) is 76.9 cm³/mol. The molecule has 3 N–H and O–H groups in total. The van der Waals surface area contributed by atoms with E-state index in [4.69, 9.17) is 5.11 Å². The van der Waals surface area contributed by atoms with Crippen molar-refractivity contribution in [1.29, 1.82) is 0 Å². The number of rotatable bonds is 7. The second kappa shape index (κ2) is 7.60. The summed E-state index contributed by atoms with van der Waals surface area (Å²) in [7, 11) is -4.15. The molecule has 1 amide bonds. The van der Waals surface area contributed by atoms with Gasteiger partial charge in [-0.25, -0.2) is 9.52 Å². The predicted octanol–water partition coefficient (Wildman–Crippen LogP) is 1.09. The van der Waals surface area contributed by atoms with Crippen molar-refractivity contribution in [3.8, 4) is 0 Å². The maximum absolute atomic E-state index is 11.6. The standard InChI is InChI=1S/C12H24N2O6S/c1-8(2)20-11(17)14-21(18,19)13-7-9(10(15)16)6-12(3,4)5/h8-9,13H,6-7H2,1-5H3,(H,14,17)(H,15,16). The number of carboxylic acid groups (broad SMARTS) is 1. The van der Waals surface area contributed by atoms with Crippen LogP contribution in [0.4, 0.5) is 4.79 Å². The molecule has 9 heteroatoms. The normalized spacial score (nSPS) is 13.8. The number of ether oxygens (including phenoxy) is 1. The average Bonchev–Trinajstić information content (AvgIpc) is 2.19. The molecule has 0 fully saturated rings. The summed E-state index contributed by atoms with van der Waals surface area (Å²) >= 11 is 0. The fourth-order valence-electron chi connectivity index (χ4n) is 1.58. The van der Waals surface area contributed by atoms with Crippen LogP contribution < -0.4 is 9.44 Å².